The first-order valence-corrected chi connectivity index (χ1v) is 13.5. The van der Waals surface area contributed by atoms with Gasteiger partial charge < -0.3 is 4.74 Å². The lowest BCUT2D eigenvalue weighted by Gasteiger charge is -2.37. The first-order valence-electron chi connectivity index (χ1n) is 12.0. The van der Waals surface area contributed by atoms with Crippen LogP contribution >= 0.6 is 0 Å². The molecule has 5 nitrogen and oxygen atoms in total. The van der Waals surface area contributed by atoms with Crippen molar-refractivity contribution >= 4 is 21.6 Å². The smallest absolute Gasteiger partial charge is 0.270 e. The van der Waals surface area contributed by atoms with Gasteiger partial charge in [0.2, 0.25) is 5.91 Å². The maximum absolute atomic E-state index is 14.4. The predicted molar refractivity (Wildman–Crippen MR) is 145 cm³/mol. The van der Waals surface area contributed by atoms with Crippen molar-refractivity contribution in [1.29, 1.82) is 0 Å². The van der Waals surface area contributed by atoms with E-state index in [2.05, 4.69) is 0 Å². The number of methoxy groups -OCH3 is 1. The third-order valence-electron chi connectivity index (χ3n) is 6.67. The van der Waals surface area contributed by atoms with E-state index in [1.807, 2.05) is 73.7 Å². The number of carbonyl (C=O) groups excluding carboxylic acids is 1. The fourth-order valence-corrected chi connectivity index (χ4v) is 6.21. The van der Waals surface area contributed by atoms with Gasteiger partial charge in [0.15, 0.2) is 0 Å². The third kappa shape index (κ3) is 4.68. The monoisotopic (exact) mass is 509 g/mol. The molecule has 0 saturated carbocycles. The molecule has 1 aliphatic rings. The average molecular weight is 510 g/mol. The van der Waals surface area contributed by atoms with Crippen LogP contribution in [-0.4, -0.2) is 25.7 Å². The zero-order valence-electron chi connectivity index (χ0n) is 20.6. The third-order valence-corrected chi connectivity index (χ3v) is 8.39. The molecule has 0 aromatic heterocycles. The van der Waals surface area contributed by atoms with Crippen molar-refractivity contribution in [3.8, 4) is 5.75 Å². The molecule has 5 rings (SSSR count). The largest absolute Gasteiger partial charge is 0.497 e. The summed E-state index contributed by atoms with van der Waals surface area (Å²) in [6.45, 7) is 1.89. The number of aryl methyl sites for hydroxylation is 1. The Morgan fingerprint density at radius 3 is 1.86 bits per heavy atom. The van der Waals surface area contributed by atoms with E-state index in [1.165, 1.54) is 0 Å². The van der Waals surface area contributed by atoms with Crippen LogP contribution in [0, 0.1) is 6.92 Å². The van der Waals surface area contributed by atoms with E-state index in [-0.39, 0.29) is 10.8 Å². The Hall–Kier alpha value is -4.16. The molecule has 0 aliphatic carbocycles. The highest BCUT2D eigenvalue weighted by molar-refractivity contribution is 7.90. The number of rotatable bonds is 6. The quantitative estimate of drug-likeness (QED) is 0.313. The number of allylic oxidation sites excluding steroid dienone is 1. The Kier molecular flexibility index (Phi) is 6.68. The molecule has 2 atom stereocenters. The Morgan fingerprint density at radius 1 is 0.730 bits per heavy atom. The lowest BCUT2D eigenvalue weighted by Crippen LogP contribution is -2.43. The van der Waals surface area contributed by atoms with Crippen molar-refractivity contribution < 1.29 is 17.9 Å². The van der Waals surface area contributed by atoms with E-state index in [1.54, 1.807) is 55.6 Å². The number of sulfonamides is 1. The van der Waals surface area contributed by atoms with Gasteiger partial charge >= 0.3 is 0 Å². The molecule has 6 heteroatoms. The van der Waals surface area contributed by atoms with E-state index < -0.39 is 21.8 Å². The molecule has 0 bridgehead atoms. The van der Waals surface area contributed by atoms with Gasteiger partial charge in [0.1, 0.15) is 5.75 Å². The molecule has 4 aromatic carbocycles. The highest BCUT2D eigenvalue weighted by Gasteiger charge is 2.44. The van der Waals surface area contributed by atoms with Gasteiger partial charge in [0.05, 0.1) is 23.6 Å². The second kappa shape index (κ2) is 10.1. The summed E-state index contributed by atoms with van der Waals surface area (Å²) in [5.41, 5.74) is 3.56. The number of hydrogen-bond acceptors (Lipinski definition) is 4. The van der Waals surface area contributed by atoms with Gasteiger partial charge in [-0.3, -0.25) is 4.79 Å². The number of ether oxygens (including phenoxy) is 1. The molecule has 0 unspecified atom stereocenters. The molecule has 1 heterocycles. The van der Waals surface area contributed by atoms with Gasteiger partial charge in [-0.25, -0.2) is 12.7 Å². The normalized spacial score (nSPS) is 17.8. The lowest BCUT2D eigenvalue weighted by atomic mass is 9.78. The van der Waals surface area contributed by atoms with Crippen molar-refractivity contribution in [1.82, 2.24) is 4.31 Å². The molecule has 4 aromatic rings. The number of nitrogens with zero attached hydrogens (tertiary/aromatic N) is 1. The lowest BCUT2D eigenvalue weighted by molar-refractivity contribution is -0.126. The van der Waals surface area contributed by atoms with Gasteiger partial charge in [-0.05, 0) is 60.0 Å². The van der Waals surface area contributed by atoms with E-state index >= 15 is 0 Å². The topological polar surface area (TPSA) is 63.7 Å². The summed E-state index contributed by atoms with van der Waals surface area (Å²) in [7, 11) is -2.63. The van der Waals surface area contributed by atoms with E-state index in [4.69, 9.17) is 4.74 Å². The van der Waals surface area contributed by atoms with Crippen LogP contribution in [0.15, 0.2) is 120 Å². The maximum atomic E-state index is 14.4. The number of hydrogen-bond donors (Lipinski definition) is 0. The number of amides is 1. The minimum Gasteiger partial charge on any atom is -0.497 e. The van der Waals surface area contributed by atoms with Crippen molar-refractivity contribution in [2.24, 2.45) is 0 Å². The summed E-state index contributed by atoms with van der Waals surface area (Å²) < 4.78 is 34.4. The van der Waals surface area contributed by atoms with Gasteiger partial charge in [0, 0.05) is 5.92 Å². The van der Waals surface area contributed by atoms with Crippen LogP contribution in [0.5, 0.6) is 5.75 Å². The summed E-state index contributed by atoms with van der Waals surface area (Å²) >= 11 is 0. The van der Waals surface area contributed by atoms with Crippen LogP contribution in [0.1, 0.15) is 34.1 Å². The average Bonchev–Trinajstić information content (AvgIpc) is 2.93. The molecule has 0 fully saturated rings. The Labute approximate surface area is 217 Å². The van der Waals surface area contributed by atoms with Crippen LogP contribution in [-0.2, 0) is 14.8 Å². The first kappa shape index (κ1) is 24.5. The highest BCUT2D eigenvalue weighted by Crippen LogP contribution is 2.45. The predicted octanol–water partition coefficient (Wildman–Crippen LogP) is 6.14. The van der Waals surface area contributed by atoms with Crippen LogP contribution in [0.25, 0.3) is 5.70 Å². The first-order chi connectivity index (χ1) is 17.9. The second-order valence-electron chi connectivity index (χ2n) is 9.03. The minimum atomic E-state index is -4.20. The molecule has 37 heavy (non-hydrogen) atoms. The minimum absolute atomic E-state index is 0.0656. The molecular weight excluding hydrogens is 482 g/mol. The van der Waals surface area contributed by atoms with E-state index in [0.29, 0.717) is 17.0 Å². The summed E-state index contributed by atoms with van der Waals surface area (Å²) in [6, 6.07) is 32.7. The summed E-state index contributed by atoms with van der Waals surface area (Å²) in [4.78, 5) is 14.5. The molecule has 1 amide bonds. The van der Waals surface area contributed by atoms with Gasteiger partial charge in [-0.15, -0.1) is 0 Å². The molecular formula is C31H27NO4S. The Balaban J connectivity index is 1.76. The van der Waals surface area contributed by atoms with Gasteiger partial charge in [0.25, 0.3) is 10.0 Å². The Bertz CT molecular complexity index is 1530. The summed E-state index contributed by atoms with van der Waals surface area (Å²) in [5.74, 6) is -0.932. The number of carbonyl (C=O) groups is 1. The SMILES string of the molecule is COc1ccc(C2=C[C@@H](c3ccccc3)[C@H](c3ccccc3)C(=O)N2S(=O)(=O)c2ccc(C)cc2)cc1. The Morgan fingerprint density at radius 2 is 1.30 bits per heavy atom. The molecule has 0 N–H and O–H groups in total. The van der Waals surface area contributed by atoms with Crippen molar-refractivity contribution in [2.45, 2.75) is 23.7 Å². The zero-order chi connectivity index (χ0) is 26.0. The fraction of sp³-hybridized carbons (Fsp3) is 0.129. The molecule has 0 spiro atoms. The molecule has 0 saturated heterocycles. The van der Waals surface area contributed by atoms with Crippen LogP contribution in [0.3, 0.4) is 0 Å². The van der Waals surface area contributed by atoms with Crippen LogP contribution in [0.4, 0.5) is 0 Å². The standard InChI is InChI=1S/C31H27NO4S/c1-22-13-19-27(20-14-22)37(34,35)32-29(24-15-17-26(36-2)18-16-24)21-28(23-9-5-3-6-10-23)30(31(32)33)25-11-7-4-8-12-25/h3-21,28,30H,1-2H3/t28-,30-/m0/s1. The van der Waals surface area contributed by atoms with Crippen molar-refractivity contribution in [3.05, 3.63) is 138 Å². The van der Waals surface area contributed by atoms with Crippen molar-refractivity contribution in [3.63, 3.8) is 0 Å². The van der Waals surface area contributed by atoms with E-state index in [9.17, 15) is 13.2 Å². The maximum Gasteiger partial charge on any atom is 0.270 e. The van der Waals surface area contributed by atoms with Crippen LogP contribution in [0.2, 0.25) is 0 Å². The summed E-state index contributed by atoms with van der Waals surface area (Å²) in [5, 5.41) is 0. The molecule has 0 radical (unpaired) electrons. The highest BCUT2D eigenvalue weighted by atomic mass is 32.2. The zero-order valence-corrected chi connectivity index (χ0v) is 21.4. The van der Waals surface area contributed by atoms with E-state index in [0.717, 1.165) is 21.0 Å². The molecule has 1 aliphatic heterocycles. The summed E-state index contributed by atoms with van der Waals surface area (Å²) in [6.07, 6.45) is 1.90. The fourth-order valence-electron chi connectivity index (χ4n) is 4.75. The van der Waals surface area contributed by atoms with Crippen LogP contribution < -0.4 is 4.74 Å². The number of benzene rings is 4. The van der Waals surface area contributed by atoms with Crippen molar-refractivity contribution in [2.75, 3.05) is 7.11 Å². The second-order valence-corrected chi connectivity index (χ2v) is 10.8. The van der Waals surface area contributed by atoms with Gasteiger partial charge in [-0.1, -0.05) is 84.4 Å². The molecule has 186 valence electrons. The van der Waals surface area contributed by atoms with Gasteiger partial charge in [-0.2, -0.15) is 0 Å².